The van der Waals surface area contributed by atoms with Crippen LogP contribution in [0.4, 0.5) is 0 Å². The van der Waals surface area contributed by atoms with Gasteiger partial charge in [0.2, 0.25) is 0 Å². The lowest BCUT2D eigenvalue weighted by Gasteiger charge is -2.42. The standard InChI is InChI=1S/C23H28O3S/c1-22(2)11-12-23(3,4)19-13-16(7-10-18(19)22)20(24)14-27-17-8-5-15(6-9-17)21(25)26/h5-10,13,20,24H,11-12,14H2,1-4H3,(H,25,26). The van der Waals surface area contributed by atoms with E-state index in [1.54, 1.807) is 24.3 Å². The third-order valence-corrected chi connectivity index (χ3v) is 6.86. The highest BCUT2D eigenvalue weighted by molar-refractivity contribution is 7.99. The largest absolute Gasteiger partial charge is 0.478 e. The van der Waals surface area contributed by atoms with Gasteiger partial charge in [-0.2, -0.15) is 0 Å². The van der Waals surface area contributed by atoms with Gasteiger partial charge in [-0.1, -0.05) is 45.9 Å². The molecule has 1 atom stereocenters. The average Bonchev–Trinajstić information content (AvgIpc) is 2.63. The summed E-state index contributed by atoms with van der Waals surface area (Å²) < 4.78 is 0. The number of hydrogen-bond acceptors (Lipinski definition) is 3. The molecule has 1 aliphatic carbocycles. The number of thioether (sulfide) groups is 1. The summed E-state index contributed by atoms with van der Waals surface area (Å²) in [6, 6.07) is 13.2. The molecule has 0 radical (unpaired) electrons. The minimum absolute atomic E-state index is 0.125. The molecule has 1 aliphatic rings. The lowest BCUT2D eigenvalue weighted by atomic mass is 9.63. The Morgan fingerprint density at radius 3 is 2.19 bits per heavy atom. The number of aliphatic hydroxyl groups is 1. The molecule has 144 valence electrons. The summed E-state index contributed by atoms with van der Waals surface area (Å²) in [6.45, 7) is 9.17. The van der Waals surface area contributed by atoms with Crippen LogP contribution in [0.1, 0.15) is 73.7 Å². The van der Waals surface area contributed by atoms with Gasteiger partial charge in [-0.25, -0.2) is 4.79 Å². The molecule has 27 heavy (non-hydrogen) atoms. The molecule has 0 saturated carbocycles. The smallest absolute Gasteiger partial charge is 0.335 e. The Morgan fingerprint density at radius 1 is 1.00 bits per heavy atom. The maximum atomic E-state index is 10.9. The highest BCUT2D eigenvalue weighted by atomic mass is 32.2. The van der Waals surface area contributed by atoms with E-state index in [-0.39, 0.29) is 16.4 Å². The van der Waals surface area contributed by atoms with Crippen molar-refractivity contribution in [2.75, 3.05) is 5.75 Å². The van der Waals surface area contributed by atoms with E-state index in [2.05, 4.69) is 45.9 Å². The van der Waals surface area contributed by atoms with Crippen molar-refractivity contribution in [2.45, 2.75) is 62.4 Å². The molecule has 0 amide bonds. The number of fused-ring (bicyclic) bond motifs is 1. The van der Waals surface area contributed by atoms with E-state index in [0.29, 0.717) is 5.75 Å². The van der Waals surface area contributed by atoms with Gasteiger partial charge in [0.15, 0.2) is 0 Å². The van der Waals surface area contributed by atoms with Gasteiger partial charge in [0.25, 0.3) is 0 Å². The minimum atomic E-state index is -0.925. The maximum absolute atomic E-state index is 10.9. The molecule has 0 spiro atoms. The van der Waals surface area contributed by atoms with Crippen LogP contribution in [0, 0.1) is 0 Å². The van der Waals surface area contributed by atoms with Gasteiger partial charge in [-0.05, 0) is 64.6 Å². The number of hydrogen-bond donors (Lipinski definition) is 2. The minimum Gasteiger partial charge on any atom is -0.478 e. The maximum Gasteiger partial charge on any atom is 0.335 e. The summed E-state index contributed by atoms with van der Waals surface area (Å²) in [5.41, 5.74) is 4.28. The molecule has 0 aliphatic heterocycles. The second kappa shape index (κ2) is 7.33. The average molecular weight is 385 g/mol. The van der Waals surface area contributed by atoms with E-state index in [9.17, 15) is 9.90 Å². The van der Waals surface area contributed by atoms with E-state index in [1.165, 1.54) is 29.3 Å². The Labute approximate surface area is 165 Å². The highest BCUT2D eigenvalue weighted by Gasteiger charge is 2.37. The zero-order chi connectivity index (χ0) is 19.8. The summed E-state index contributed by atoms with van der Waals surface area (Å²) >= 11 is 1.54. The number of benzene rings is 2. The number of rotatable bonds is 5. The number of aliphatic hydroxyl groups excluding tert-OH is 1. The fourth-order valence-electron chi connectivity index (χ4n) is 3.78. The van der Waals surface area contributed by atoms with Crippen molar-refractivity contribution in [1.82, 2.24) is 0 Å². The first-order valence-corrected chi connectivity index (χ1v) is 10.4. The molecule has 4 heteroatoms. The predicted octanol–water partition coefficient (Wildman–Crippen LogP) is 5.56. The summed E-state index contributed by atoms with van der Waals surface area (Å²) in [4.78, 5) is 11.9. The first-order chi connectivity index (χ1) is 12.6. The molecule has 3 rings (SSSR count). The van der Waals surface area contributed by atoms with Crippen LogP contribution >= 0.6 is 11.8 Å². The molecule has 3 nitrogen and oxygen atoms in total. The molecule has 0 aromatic heterocycles. The molecule has 0 heterocycles. The van der Waals surface area contributed by atoms with Gasteiger partial charge in [-0.15, -0.1) is 11.8 Å². The zero-order valence-corrected chi connectivity index (χ0v) is 17.3. The van der Waals surface area contributed by atoms with E-state index >= 15 is 0 Å². The van der Waals surface area contributed by atoms with Crippen LogP contribution in [0.15, 0.2) is 47.4 Å². The van der Waals surface area contributed by atoms with Crippen LogP contribution in [-0.2, 0) is 10.8 Å². The highest BCUT2D eigenvalue weighted by Crippen LogP contribution is 2.46. The second-order valence-corrected chi connectivity index (χ2v) is 9.82. The Balaban J connectivity index is 1.75. The number of carbonyl (C=O) groups is 1. The summed E-state index contributed by atoms with van der Waals surface area (Å²) in [7, 11) is 0. The van der Waals surface area contributed by atoms with Gasteiger partial charge in [0.1, 0.15) is 0 Å². The van der Waals surface area contributed by atoms with Crippen molar-refractivity contribution in [1.29, 1.82) is 0 Å². The van der Waals surface area contributed by atoms with Crippen LogP contribution in [0.25, 0.3) is 0 Å². The lowest BCUT2D eigenvalue weighted by Crippen LogP contribution is -2.34. The molecule has 0 fully saturated rings. The summed E-state index contributed by atoms with van der Waals surface area (Å²) in [5, 5.41) is 19.7. The van der Waals surface area contributed by atoms with Crippen molar-refractivity contribution < 1.29 is 15.0 Å². The quantitative estimate of drug-likeness (QED) is 0.663. The molecule has 2 aromatic rings. The van der Waals surface area contributed by atoms with E-state index in [0.717, 1.165) is 16.9 Å². The Morgan fingerprint density at radius 2 is 1.59 bits per heavy atom. The zero-order valence-electron chi connectivity index (χ0n) is 16.5. The number of carboxylic acids is 1. The second-order valence-electron chi connectivity index (χ2n) is 8.73. The van der Waals surface area contributed by atoms with Crippen molar-refractivity contribution in [3.63, 3.8) is 0 Å². The van der Waals surface area contributed by atoms with Crippen LogP contribution in [-0.4, -0.2) is 21.9 Å². The van der Waals surface area contributed by atoms with E-state index in [1.807, 2.05) is 0 Å². The van der Waals surface area contributed by atoms with Crippen LogP contribution in [0.3, 0.4) is 0 Å². The Hall–Kier alpha value is -1.78. The first kappa shape index (κ1) is 20.0. The van der Waals surface area contributed by atoms with Crippen molar-refractivity contribution in [3.05, 3.63) is 64.7 Å². The predicted molar refractivity (Wildman–Crippen MR) is 111 cm³/mol. The molecule has 2 aromatic carbocycles. The SMILES string of the molecule is CC1(C)CCC(C)(C)c2cc(C(O)CSc3ccc(C(=O)O)cc3)ccc21. The third kappa shape index (κ3) is 4.22. The topological polar surface area (TPSA) is 57.5 Å². The molecular formula is C23H28O3S. The van der Waals surface area contributed by atoms with Gasteiger partial charge in [0, 0.05) is 10.6 Å². The molecule has 0 bridgehead atoms. The van der Waals surface area contributed by atoms with E-state index in [4.69, 9.17) is 5.11 Å². The third-order valence-electron chi connectivity index (χ3n) is 5.77. The van der Waals surface area contributed by atoms with Crippen LogP contribution in [0.2, 0.25) is 0 Å². The number of carboxylic acid groups (broad SMARTS) is 1. The Kier molecular flexibility index (Phi) is 5.42. The fourth-order valence-corrected chi connectivity index (χ4v) is 4.65. The normalized spacial score (nSPS) is 18.6. The van der Waals surface area contributed by atoms with Gasteiger partial charge in [0.05, 0.1) is 11.7 Å². The molecule has 0 saturated heterocycles. The van der Waals surface area contributed by atoms with Gasteiger partial charge in [-0.3, -0.25) is 0 Å². The van der Waals surface area contributed by atoms with Gasteiger partial charge >= 0.3 is 5.97 Å². The summed E-state index contributed by atoms with van der Waals surface area (Å²) in [5.74, 6) is -0.388. The molecular weight excluding hydrogens is 356 g/mol. The van der Waals surface area contributed by atoms with E-state index < -0.39 is 12.1 Å². The molecule has 2 N–H and O–H groups in total. The lowest BCUT2D eigenvalue weighted by molar-refractivity contribution is 0.0697. The van der Waals surface area contributed by atoms with Crippen molar-refractivity contribution in [3.8, 4) is 0 Å². The van der Waals surface area contributed by atoms with Gasteiger partial charge < -0.3 is 10.2 Å². The monoisotopic (exact) mass is 384 g/mol. The Bertz CT molecular complexity index is 837. The van der Waals surface area contributed by atoms with Crippen LogP contribution in [0.5, 0.6) is 0 Å². The molecule has 1 unspecified atom stereocenters. The fraction of sp³-hybridized carbons (Fsp3) is 0.435. The number of aromatic carboxylic acids is 1. The van der Waals surface area contributed by atoms with Crippen molar-refractivity contribution in [2.24, 2.45) is 0 Å². The first-order valence-electron chi connectivity index (χ1n) is 9.39. The van der Waals surface area contributed by atoms with Crippen molar-refractivity contribution >= 4 is 17.7 Å². The van der Waals surface area contributed by atoms with Crippen LogP contribution < -0.4 is 0 Å². The summed E-state index contributed by atoms with van der Waals surface area (Å²) in [6.07, 6.45) is 1.77.